The minimum absolute atomic E-state index is 0.138. The molecular weight excluding hydrogens is 690 g/mol. The van der Waals surface area contributed by atoms with Gasteiger partial charge in [0.1, 0.15) is 24.4 Å². The van der Waals surface area contributed by atoms with Crippen molar-refractivity contribution in [3.05, 3.63) is 100 Å². The Labute approximate surface area is 307 Å². The van der Waals surface area contributed by atoms with E-state index in [0.29, 0.717) is 54.9 Å². The number of aliphatic hydroxyl groups is 1. The molecule has 14 nitrogen and oxygen atoms in total. The SMILES string of the molecule is COc1ccc(CN2CCNC(=O)[C@H]([C@@H](C)O)NC(=O)[C@@H](Cc3ccccc3)NC(=O)c3ccc(c(OC)c3)OCCn3cc(nn3)CC2)cc1Cl. The molecular formula is C37H44ClN7O7. The number of ether oxygens (including phenoxy) is 3. The zero-order valence-electron chi connectivity index (χ0n) is 29.4. The minimum atomic E-state index is -1.29. The van der Waals surface area contributed by atoms with Gasteiger partial charge in [0.15, 0.2) is 11.5 Å². The van der Waals surface area contributed by atoms with Crippen molar-refractivity contribution in [2.24, 2.45) is 0 Å². The van der Waals surface area contributed by atoms with E-state index in [9.17, 15) is 19.5 Å². The van der Waals surface area contributed by atoms with Crippen molar-refractivity contribution in [2.45, 2.75) is 51.0 Å². The van der Waals surface area contributed by atoms with E-state index < -0.39 is 35.9 Å². The Morgan fingerprint density at radius 1 is 0.942 bits per heavy atom. The molecule has 0 saturated carbocycles. The molecule has 4 N–H and O–H groups in total. The number of fused-ring (bicyclic) bond motifs is 16. The fraction of sp³-hybridized carbons (Fsp3) is 0.378. The molecule has 0 radical (unpaired) electrons. The lowest BCUT2D eigenvalue weighted by Gasteiger charge is -2.26. The van der Waals surface area contributed by atoms with Gasteiger partial charge in [-0.25, -0.2) is 4.68 Å². The predicted octanol–water partition coefficient (Wildman–Crippen LogP) is 2.41. The van der Waals surface area contributed by atoms with Crippen molar-refractivity contribution < 1.29 is 33.7 Å². The number of aliphatic hydroxyl groups excluding tert-OH is 1. The van der Waals surface area contributed by atoms with Gasteiger partial charge in [0.05, 0.1) is 37.6 Å². The van der Waals surface area contributed by atoms with Crippen LogP contribution < -0.4 is 30.2 Å². The molecule has 276 valence electrons. The second kappa shape index (κ2) is 18.4. The molecule has 1 aromatic heterocycles. The number of methoxy groups -OCH3 is 2. The number of hydrogen-bond acceptors (Lipinski definition) is 10. The second-order valence-electron chi connectivity index (χ2n) is 12.4. The summed E-state index contributed by atoms with van der Waals surface area (Å²) in [5, 5.41) is 28.0. The van der Waals surface area contributed by atoms with Gasteiger partial charge in [-0.3, -0.25) is 19.3 Å². The van der Waals surface area contributed by atoms with Crippen LogP contribution in [-0.4, -0.2) is 101 Å². The summed E-state index contributed by atoms with van der Waals surface area (Å²) in [4.78, 5) is 42.9. The van der Waals surface area contributed by atoms with Gasteiger partial charge in [-0.05, 0) is 48.4 Å². The molecule has 0 aliphatic carbocycles. The number of nitrogens with one attached hydrogen (secondary N) is 3. The van der Waals surface area contributed by atoms with Gasteiger partial charge in [0.2, 0.25) is 11.8 Å². The van der Waals surface area contributed by atoms with E-state index >= 15 is 0 Å². The van der Waals surface area contributed by atoms with E-state index in [4.69, 9.17) is 25.8 Å². The highest BCUT2D eigenvalue weighted by atomic mass is 35.5. The molecule has 3 amide bonds. The fourth-order valence-electron chi connectivity index (χ4n) is 5.76. The highest BCUT2D eigenvalue weighted by molar-refractivity contribution is 6.32. The highest BCUT2D eigenvalue weighted by Gasteiger charge is 2.30. The van der Waals surface area contributed by atoms with Crippen LogP contribution >= 0.6 is 11.6 Å². The maximum atomic E-state index is 13.8. The molecule has 15 heteroatoms. The lowest BCUT2D eigenvalue weighted by molar-refractivity contribution is -0.132. The third-order valence-corrected chi connectivity index (χ3v) is 8.89. The average molecular weight is 734 g/mol. The number of carbonyl (C=O) groups excluding carboxylic acids is 3. The van der Waals surface area contributed by atoms with Gasteiger partial charge in [-0.1, -0.05) is 53.2 Å². The molecule has 2 aliphatic rings. The lowest BCUT2D eigenvalue weighted by atomic mass is 10.0. The summed E-state index contributed by atoms with van der Waals surface area (Å²) in [5.41, 5.74) is 2.74. The monoisotopic (exact) mass is 733 g/mol. The van der Waals surface area contributed by atoms with E-state index in [0.717, 1.165) is 16.8 Å². The highest BCUT2D eigenvalue weighted by Crippen LogP contribution is 2.28. The third kappa shape index (κ3) is 10.4. The van der Waals surface area contributed by atoms with E-state index in [-0.39, 0.29) is 25.1 Å². The summed E-state index contributed by atoms with van der Waals surface area (Å²) in [6, 6.07) is 17.1. The number of halogens is 1. The van der Waals surface area contributed by atoms with Crippen LogP contribution in [0.15, 0.2) is 72.9 Å². The predicted molar refractivity (Wildman–Crippen MR) is 194 cm³/mol. The fourth-order valence-corrected chi connectivity index (χ4v) is 6.04. The van der Waals surface area contributed by atoms with E-state index in [1.165, 1.54) is 20.1 Å². The molecule has 4 aromatic rings. The molecule has 0 fully saturated rings. The molecule has 4 bridgehead atoms. The first-order chi connectivity index (χ1) is 25.1. The van der Waals surface area contributed by atoms with Gasteiger partial charge in [0, 0.05) is 50.8 Å². The van der Waals surface area contributed by atoms with Crippen LogP contribution in [0.4, 0.5) is 0 Å². The van der Waals surface area contributed by atoms with E-state index in [1.54, 1.807) is 30.0 Å². The third-order valence-electron chi connectivity index (χ3n) is 8.59. The maximum Gasteiger partial charge on any atom is 0.252 e. The summed E-state index contributed by atoms with van der Waals surface area (Å²) in [6.45, 7) is 3.84. The number of aromatic nitrogens is 3. The molecule has 0 spiro atoms. The molecule has 6 rings (SSSR count). The van der Waals surface area contributed by atoms with Crippen LogP contribution in [-0.2, 0) is 35.5 Å². The Morgan fingerprint density at radius 3 is 2.46 bits per heavy atom. The van der Waals surface area contributed by atoms with Crippen LogP contribution in [0, 0.1) is 0 Å². The smallest absolute Gasteiger partial charge is 0.252 e. The number of hydrogen-bond donors (Lipinski definition) is 4. The van der Waals surface area contributed by atoms with Gasteiger partial charge < -0.3 is 35.3 Å². The summed E-state index contributed by atoms with van der Waals surface area (Å²) >= 11 is 6.41. The molecule has 52 heavy (non-hydrogen) atoms. The van der Waals surface area contributed by atoms with Crippen molar-refractivity contribution in [2.75, 3.05) is 40.5 Å². The summed E-state index contributed by atoms with van der Waals surface area (Å²) in [7, 11) is 3.03. The van der Waals surface area contributed by atoms with Crippen LogP contribution in [0.5, 0.6) is 17.2 Å². The van der Waals surface area contributed by atoms with Crippen molar-refractivity contribution in [1.82, 2.24) is 35.8 Å². The Morgan fingerprint density at radius 2 is 1.73 bits per heavy atom. The molecule has 3 atom stereocenters. The zero-order valence-corrected chi connectivity index (χ0v) is 30.1. The van der Waals surface area contributed by atoms with Crippen LogP contribution in [0.3, 0.4) is 0 Å². The van der Waals surface area contributed by atoms with E-state index in [2.05, 4.69) is 31.2 Å². The largest absolute Gasteiger partial charge is 0.495 e. The Hall–Kier alpha value is -5.18. The van der Waals surface area contributed by atoms with Gasteiger partial charge in [-0.15, -0.1) is 5.10 Å². The van der Waals surface area contributed by atoms with Gasteiger partial charge in [0.25, 0.3) is 5.91 Å². The topological polar surface area (TPSA) is 169 Å². The number of rotatable bonds is 7. The maximum absolute atomic E-state index is 13.8. The van der Waals surface area contributed by atoms with Crippen molar-refractivity contribution in [3.63, 3.8) is 0 Å². The molecule has 2 aliphatic heterocycles. The number of nitrogens with zero attached hydrogens (tertiary/aromatic N) is 4. The first-order valence-corrected chi connectivity index (χ1v) is 17.4. The number of benzene rings is 3. The van der Waals surface area contributed by atoms with Crippen LogP contribution in [0.25, 0.3) is 0 Å². The van der Waals surface area contributed by atoms with Gasteiger partial charge in [-0.2, -0.15) is 0 Å². The lowest BCUT2D eigenvalue weighted by Crippen LogP contribution is -2.58. The zero-order chi connectivity index (χ0) is 37.0. The Kier molecular flexibility index (Phi) is 13.4. The van der Waals surface area contributed by atoms with E-state index in [1.807, 2.05) is 48.7 Å². The number of carbonyl (C=O) groups is 3. The average Bonchev–Trinajstić information content (AvgIpc) is 3.59. The summed E-state index contributed by atoms with van der Waals surface area (Å²) in [6.07, 6.45) is 1.34. The normalized spacial score (nSPS) is 18.8. The first-order valence-electron chi connectivity index (χ1n) is 17.0. The van der Waals surface area contributed by atoms with Crippen LogP contribution in [0.2, 0.25) is 5.02 Å². The summed E-state index contributed by atoms with van der Waals surface area (Å²) < 4.78 is 18.5. The minimum Gasteiger partial charge on any atom is -0.495 e. The summed E-state index contributed by atoms with van der Waals surface area (Å²) in [5.74, 6) is -0.407. The van der Waals surface area contributed by atoms with Gasteiger partial charge >= 0.3 is 0 Å². The molecule has 0 saturated heterocycles. The number of amides is 3. The van der Waals surface area contributed by atoms with Crippen LogP contribution in [0.1, 0.15) is 34.1 Å². The molecule has 3 aromatic carbocycles. The van der Waals surface area contributed by atoms with Crippen molar-refractivity contribution in [3.8, 4) is 17.2 Å². The first kappa shape index (κ1) is 38.1. The Bertz CT molecular complexity index is 1820. The molecule has 3 heterocycles. The van der Waals surface area contributed by atoms with Crippen molar-refractivity contribution >= 4 is 29.3 Å². The Balaban J connectivity index is 1.41. The second-order valence-corrected chi connectivity index (χ2v) is 12.8. The molecule has 0 unspecified atom stereocenters. The standard InChI is InChI=1S/C37H44ClN7O7/c1-24(46)34-37(49)39-14-16-44(22-26-9-11-31(50-2)29(38)19-26)15-13-28-23-45(43-42-28)17-18-52-32-12-10-27(21-33(32)51-3)35(47)40-30(36(48)41-34)20-25-7-5-4-6-8-25/h4-12,19,21,23-24,30,34,46H,13-18,20,22H2,1-3H3,(H,39,49)(H,40,47)(H,41,48)/t24-,30-,34+/m1/s1. The quantitative estimate of drug-likeness (QED) is 0.207. The van der Waals surface area contributed by atoms with Crippen molar-refractivity contribution in [1.29, 1.82) is 0 Å².